The lowest BCUT2D eigenvalue weighted by Crippen LogP contribution is -2.42. The number of nitrogens with zero attached hydrogens (tertiary/aromatic N) is 2. The standard InChI is InChI=1S/C10H15N3O/c1-7-2-3-13(4-7)10-11-8-5-14-6-9(8)12-10/h8-9H,1-6H2,(H,11,12)/t8-,9+. The van der Waals surface area contributed by atoms with E-state index in [2.05, 4.69) is 21.8 Å². The van der Waals surface area contributed by atoms with Gasteiger partial charge in [0.05, 0.1) is 25.3 Å². The second kappa shape index (κ2) is 2.98. The molecule has 1 N–H and O–H groups in total. The van der Waals surface area contributed by atoms with E-state index in [-0.39, 0.29) is 0 Å². The van der Waals surface area contributed by atoms with Gasteiger partial charge in [0, 0.05) is 13.1 Å². The minimum atomic E-state index is 0.346. The third-order valence-electron chi connectivity index (χ3n) is 3.10. The van der Waals surface area contributed by atoms with Crippen LogP contribution >= 0.6 is 0 Å². The van der Waals surface area contributed by atoms with Crippen molar-refractivity contribution in [3.63, 3.8) is 0 Å². The zero-order chi connectivity index (χ0) is 9.54. The Morgan fingerprint density at radius 3 is 3.14 bits per heavy atom. The highest BCUT2D eigenvalue weighted by molar-refractivity contribution is 5.83. The van der Waals surface area contributed by atoms with Gasteiger partial charge in [-0.2, -0.15) is 0 Å². The zero-order valence-electron chi connectivity index (χ0n) is 8.20. The van der Waals surface area contributed by atoms with E-state index in [9.17, 15) is 0 Å². The molecule has 0 aromatic rings. The van der Waals surface area contributed by atoms with Crippen molar-refractivity contribution in [2.45, 2.75) is 18.5 Å². The largest absolute Gasteiger partial charge is 0.377 e. The summed E-state index contributed by atoms with van der Waals surface area (Å²) < 4.78 is 5.34. The van der Waals surface area contributed by atoms with Gasteiger partial charge < -0.3 is 15.0 Å². The summed E-state index contributed by atoms with van der Waals surface area (Å²) in [6.07, 6.45) is 1.10. The fraction of sp³-hybridized carbons (Fsp3) is 0.700. The Morgan fingerprint density at radius 2 is 2.43 bits per heavy atom. The van der Waals surface area contributed by atoms with Gasteiger partial charge in [0.15, 0.2) is 5.96 Å². The Bertz CT molecular complexity index is 300. The molecular weight excluding hydrogens is 178 g/mol. The first kappa shape index (κ1) is 8.29. The van der Waals surface area contributed by atoms with E-state index in [1.807, 2.05) is 0 Å². The van der Waals surface area contributed by atoms with Crippen LogP contribution in [0.25, 0.3) is 0 Å². The second-order valence-electron chi connectivity index (χ2n) is 4.23. The first-order chi connectivity index (χ1) is 6.83. The van der Waals surface area contributed by atoms with Gasteiger partial charge in [-0.1, -0.05) is 12.2 Å². The van der Waals surface area contributed by atoms with Crippen molar-refractivity contribution in [2.75, 3.05) is 26.3 Å². The number of rotatable bonds is 0. The second-order valence-corrected chi connectivity index (χ2v) is 4.23. The number of hydrogen-bond acceptors (Lipinski definition) is 4. The summed E-state index contributed by atoms with van der Waals surface area (Å²) in [5.74, 6) is 1.06. The maximum atomic E-state index is 5.34. The van der Waals surface area contributed by atoms with E-state index in [1.165, 1.54) is 5.57 Å². The predicted octanol–water partition coefficient (Wildman–Crippen LogP) is -0.0251. The summed E-state index contributed by atoms with van der Waals surface area (Å²) in [7, 11) is 0. The molecule has 76 valence electrons. The van der Waals surface area contributed by atoms with Gasteiger partial charge in [0.1, 0.15) is 0 Å². The van der Waals surface area contributed by atoms with Crippen LogP contribution in [-0.4, -0.2) is 49.2 Å². The van der Waals surface area contributed by atoms with Crippen LogP contribution in [0.5, 0.6) is 0 Å². The molecular formula is C10H15N3O. The number of aliphatic imine (C=N–C) groups is 1. The number of nitrogens with one attached hydrogen (secondary N) is 1. The molecule has 0 unspecified atom stereocenters. The molecule has 0 saturated carbocycles. The molecule has 0 amide bonds. The molecule has 0 aliphatic carbocycles. The van der Waals surface area contributed by atoms with Gasteiger partial charge in [-0.3, -0.25) is 0 Å². The van der Waals surface area contributed by atoms with Gasteiger partial charge in [-0.25, -0.2) is 4.99 Å². The highest BCUT2D eigenvalue weighted by Gasteiger charge is 2.36. The van der Waals surface area contributed by atoms with Crippen molar-refractivity contribution >= 4 is 5.96 Å². The number of fused-ring (bicyclic) bond motifs is 1. The van der Waals surface area contributed by atoms with Crippen molar-refractivity contribution in [2.24, 2.45) is 4.99 Å². The Hall–Kier alpha value is -1.03. The number of hydrogen-bond donors (Lipinski definition) is 1. The summed E-state index contributed by atoms with van der Waals surface area (Å²) >= 11 is 0. The van der Waals surface area contributed by atoms with E-state index >= 15 is 0 Å². The summed E-state index contributed by atoms with van der Waals surface area (Å²) in [5, 5.41) is 3.43. The van der Waals surface area contributed by atoms with Crippen LogP contribution < -0.4 is 5.32 Å². The van der Waals surface area contributed by atoms with Crippen molar-refractivity contribution in [1.82, 2.24) is 10.2 Å². The van der Waals surface area contributed by atoms with E-state index < -0.39 is 0 Å². The maximum Gasteiger partial charge on any atom is 0.195 e. The molecule has 2 saturated heterocycles. The van der Waals surface area contributed by atoms with Crippen LogP contribution in [0, 0.1) is 0 Å². The Morgan fingerprint density at radius 1 is 1.50 bits per heavy atom. The Kier molecular flexibility index (Phi) is 1.77. The topological polar surface area (TPSA) is 36.9 Å². The van der Waals surface area contributed by atoms with Crippen molar-refractivity contribution in [3.8, 4) is 0 Å². The van der Waals surface area contributed by atoms with E-state index in [0.29, 0.717) is 12.1 Å². The molecule has 4 heteroatoms. The van der Waals surface area contributed by atoms with Crippen LogP contribution in [0.2, 0.25) is 0 Å². The minimum Gasteiger partial charge on any atom is -0.377 e. The lowest BCUT2D eigenvalue weighted by Gasteiger charge is -2.18. The summed E-state index contributed by atoms with van der Waals surface area (Å²) in [6, 6.07) is 0.762. The molecule has 14 heavy (non-hydrogen) atoms. The number of likely N-dealkylation sites (tertiary alicyclic amines) is 1. The van der Waals surface area contributed by atoms with E-state index in [0.717, 1.165) is 38.7 Å². The summed E-state index contributed by atoms with van der Waals surface area (Å²) in [6.45, 7) is 7.60. The molecule has 3 rings (SSSR count). The Balaban J connectivity index is 1.72. The quantitative estimate of drug-likeness (QED) is 0.549. The average molecular weight is 193 g/mol. The lowest BCUT2D eigenvalue weighted by molar-refractivity contribution is 0.187. The van der Waals surface area contributed by atoms with Crippen molar-refractivity contribution < 1.29 is 4.74 Å². The zero-order valence-corrected chi connectivity index (χ0v) is 8.20. The fourth-order valence-electron chi connectivity index (χ4n) is 2.24. The van der Waals surface area contributed by atoms with Crippen molar-refractivity contribution in [1.29, 1.82) is 0 Å². The van der Waals surface area contributed by atoms with Gasteiger partial charge in [0.2, 0.25) is 0 Å². The van der Waals surface area contributed by atoms with Crippen LogP contribution in [-0.2, 0) is 4.74 Å². The minimum absolute atomic E-state index is 0.346. The third kappa shape index (κ3) is 1.21. The fourth-order valence-corrected chi connectivity index (χ4v) is 2.24. The number of guanidine groups is 1. The van der Waals surface area contributed by atoms with Crippen LogP contribution in [0.4, 0.5) is 0 Å². The first-order valence-electron chi connectivity index (χ1n) is 5.16. The molecule has 0 bridgehead atoms. The lowest BCUT2D eigenvalue weighted by atomic mass is 10.2. The summed E-state index contributed by atoms with van der Waals surface area (Å²) in [5.41, 5.74) is 1.31. The molecule has 2 atom stereocenters. The van der Waals surface area contributed by atoms with Gasteiger partial charge in [-0.05, 0) is 6.42 Å². The summed E-state index contributed by atoms with van der Waals surface area (Å²) in [4.78, 5) is 6.91. The molecule has 3 heterocycles. The van der Waals surface area contributed by atoms with Gasteiger partial charge in [-0.15, -0.1) is 0 Å². The number of ether oxygens (including phenoxy) is 1. The normalized spacial score (nSPS) is 35.9. The molecule has 2 fully saturated rings. The molecule has 0 spiro atoms. The molecule has 0 radical (unpaired) electrons. The van der Waals surface area contributed by atoms with Crippen molar-refractivity contribution in [3.05, 3.63) is 12.2 Å². The third-order valence-corrected chi connectivity index (χ3v) is 3.10. The van der Waals surface area contributed by atoms with Gasteiger partial charge >= 0.3 is 0 Å². The first-order valence-corrected chi connectivity index (χ1v) is 5.16. The van der Waals surface area contributed by atoms with Crippen LogP contribution in [0.3, 0.4) is 0 Å². The monoisotopic (exact) mass is 193 g/mol. The highest BCUT2D eigenvalue weighted by Crippen LogP contribution is 2.20. The van der Waals surface area contributed by atoms with Crippen LogP contribution in [0.1, 0.15) is 6.42 Å². The molecule has 0 aromatic heterocycles. The Labute approximate surface area is 83.6 Å². The maximum absolute atomic E-state index is 5.34. The van der Waals surface area contributed by atoms with Gasteiger partial charge in [0.25, 0.3) is 0 Å². The molecule has 4 nitrogen and oxygen atoms in total. The smallest absolute Gasteiger partial charge is 0.195 e. The average Bonchev–Trinajstić information content (AvgIpc) is 2.75. The van der Waals surface area contributed by atoms with E-state index in [4.69, 9.17) is 4.74 Å². The SMILES string of the molecule is C=C1CCN(C2=N[C@H]3COC[C@H]3N2)C1. The predicted molar refractivity (Wildman–Crippen MR) is 54.3 cm³/mol. The molecule has 0 aromatic carbocycles. The highest BCUT2D eigenvalue weighted by atomic mass is 16.5. The van der Waals surface area contributed by atoms with E-state index in [1.54, 1.807) is 0 Å². The molecule has 3 aliphatic rings. The van der Waals surface area contributed by atoms with Crippen LogP contribution in [0.15, 0.2) is 17.1 Å². The molecule has 3 aliphatic heterocycles.